The van der Waals surface area contributed by atoms with Gasteiger partial charge in [0.05, 0.1) is 15.9 Å². The third-order valence-electron chi connectivity index (χ3n) is 3.87. The van der Waals surface area contributed by atoms with Gasteiger partial charge in [0, 0.05) is 12.1 Å². The van der Waals surface area contributed by atoms with E-state index in [1.807, 2.05) is 0 Å². The number of thioether (sulfide) groups is 1. The van der Waals surface area contributed by atoms with Crippen molar-refractivity contribution in [3.05, 3.63) is 75.6 Å². The molecule has 0 saturated carbocycles. The largest absolute Gasteiger partial charge is 0.303 e. The number of nitrogens with zero attached hydrogens (tertiary/aromatic N) is 3. The van der Waals surface area contributed by atoms with Gasteiger partial charge in [0.15, 0.2) is 5.17 Å². The Labute approximate surface area is 158 Å². The fourth-order valence-corrected chi connectivity index (χ4v) is 3.43. The van der Waals surface area contributed by atoms with Crippen LogP contribution in [0, 0.1) is 15.9 Å². The number of halogens is 1. The van der Waals surface area contributed by atoms with Crippen molar-refractivity contribution in [1.29, 1.82) is 0 Å². The minimum absolute atomic E-state index is 0.00989. The molecule has 27 heavy (non-hydrogen) atoms. The summed E-state index contributed by atoms with van der Waals surface area (Å²) in [6.07, 6.45) is 0.345. The molecule has 7 nitrogen and oxygen atoms in total. The molecule has 1 saturated heterocycles. The van der Waals surface area contributed by atoms with E-state index in [2.05, 4.69) is 15.5 Å². The molecule has 9 heteroatoms. The molecule has 1 aliphatic heterocycles. The smallest absolute Gasteiger partial charge is 0.269 e. The van der Waals surface area contributed by atoms with E-state index in [4.69, 9.17) is 0 Å². The molecule has 0 aromatic heterocycles. The summed E-state index contributed by atoms with van der Waals surface area (Å²) < 4.78 is 13.0. The van der Waals surface area contributed by atoms with Gasteiger partial charge in [-0.25, -0.2) is 4.39 Å². The van der Waals surface area contributed by atoms with Crippen LogP contribution in [-0.4, -0.2) is 27.0 Å². The van der Waals surface area contributed by atoms with E-state index in [0.29, 0.717) is 22.9 Å². The number of nitro groups is 1. The molecule has 1 heterocycles. The number of non-ortho nitro benzene ring substituents is 1. The number of amidine groups is 1. The molecular weight excluding hydrogens is 371 g/mol. The lowest BCUT2D eigenvalue weighted by molar-refractivity contribution is -0.384. The number of nitro benzene ring substituents is 1. The average Bonchev–Trinajstić information content (AvgIpc) is 3.00. The topological polar surface area (TPSA) is 97.0 Å². The SMILES string of the molecule is C/C(=N/N=C1/NC(=O)C(Cc2cccc([N+](=O)[O-])c2)S1)c1ccc(F)cc1. The van der Waals surface area contributed by atoms with E-state index in [1.54, 1.807) is 31.2 Å². The van der Waals surface area contributed by atoms with E-state index in [9.17, 15) is 19.3 Å². The highest BCUT2D eigenvalue weighted by Gasteiger charge is 2.30. The molecule has 2 aromatic rings. The van der Waals surface area contributed by atoms with Crippen molar-refractivity contribution in [2.24, 2.45) is 10.2 Å². The van der Waals surface area contributed by atoms with Crippen molar-refractivity contribution < 1.29 is 14.1 Å². The first-order valence-electron chi connectivity index (χ1n) is 8.01. The molecule has 1 atom stereocenters. The first-order valence-corrected chi connectivity index (χ1v) is 8.89. The van der Waals surface area contributed by atoms with E-state index >= 15 is 0 Å². The fraction of sp³-hybridized carbons (Fsp3) is 0.167. The van der Waals surface area contributed by atoms with Crippen LogP contribution in [0.15, 0.2) is 58.7 Å². The molecule has 1 fully saturated rings. The maximum absolute atomic E-state index is 13.0. The van der Waals surface area contributed by atoms with E-state index in [-0.39, 0.29) is 17.4 Å². The van der Waals surface area contributed by atoms with Crippen molar-refractivity contribution in [3.8, 4) is 0 Å². The molecule has 0 spiro atoms. The normalized spacial score (nSPS) is 18.6. The number of hydrogen-bond donors (Lipinski definition) is 1. The molecule has 1 amide bonds. The highest BCUT2D eigenvalue weighted by molar-refractivity contribution is 8.15. The second-order valence-electron chi connectivity index (χ2n) is 5.82. The summed E-state index contributed by atoms with van der Waals surface area (Å²) in [5.41, 5.74) is 2.00. The maximum Gasteiger partial charge on any atom is 0.269 e. The second-order valence-corrected chi connectivity index (χ2v) is 7.02. The van der Waals surface area contributed by atoms with Crippen molar-refractivity contribution in [1.82, 2.24) is 5.32 Å². The van der Waals surface area contributed by atoms with Gasteiger partial charge in [-0.05, 0) is 36.6 Å². The summed E-state index contributed by atoms with van der Waals surface area (Å²) in [7, 11) is 0. The van der Waals surface area contributed by atoms with Crippen LogP contribution in [0.4, 0.5) is 10.1 Å². The fourth-order valence-electron chi connectivity index (χ4n) is 2.47. The Balaban J connectivity index is 1.68. The molecule has 2 aromatic carbocycles. The summed E-state index contributed by atoms with van der Waals surface area (Å²) in [4.78, 5) is 22.5. The third kappa shape index (κ3) is 4.76. The number of nitrogens with one attached hydrogen (secondary N) is 1. The highest BCUT2D eigenvalue weighted by atomic mass is 32.2. The lowest BCUT2D eigenvalue weighted by atomic mass is 10.1. The number of rotatable bonds is 5. The minimum Gasteiger partial charge on any atom is -0.303 e. The van der Waals surface area contributed by atoms with Crippen LogP contribution < -0.4 is 5.32 Å². The molecule has 138 valence electrons. The predicted molar refractivity (Wildman–Crippen MR) is 102 cm³/mol. The Hall–Kier alpha value is -3.07. The Morgan fingerprint density at radius 3 is 2.74 bits per heavy atom. The summed E-state index contributed by atoms with van der Waals surface area (Å²) >= 11 is 1.22. The van der Waals surface area contributed by atoms with Gasteiger partial charge < -0.3 is 5.32 Å². The van der Waals surface area contributed by atoms with Gasteiger partial charge in [-0.2, -0.15) is 5.10 Å². The lowest BCUT2D eigenvalue weighted by Crippen LogP contribution is -2.26. The Morgan fingerprint density at radius 1 is 1.30 bits per heavy atom. The van der Waals surface area contributed by atoms with E-state index in [0.717, 1.165) is 5.56 Å². The van der Waals surface area contributed by atoms with Crippen LogP contribution in [0.1, 0.15) is 18.1 Å². The second kappa shape index (κ2) is 8.09. The summed E-state index contributed by atoms with van der Waals surface area (Å²) in [5, 5.41) is 21.5. The Kier molecular flexibility index (Phi) is 5.60. The van der Waals surface area contributed by atoms with Gasteiger partial charge in [-0.1, -0.05) is 36.0 Å². The number of hydrogen-bond acceptors (Lipinski definition) is 6. The zero-order valence-corrected chi connectivity index (χ0v) is 15.1. The molecule has 1 unspecified atom stereocenters. The molecule has 0 bridgehead atoms. The molecule has 0 aliphatic carbocycles. The van der Waals surface area contributed by atoms with Crippen LogP contribution in [-0.2, 0) is 11.2 Å². The maximum atomic E-state index is 13.0. The molecule has 1 aliphatic rings. The van der Waals surface area contributed by atoms with Crippen LogP contribution in [0.2, 0.25) is 0 Å². The van der Waals surface area contributed by atoms with Crippen LogP contribution in [0.25, 0.3) is 0 Å². The van der Waals surface area contributed by atoms with Crippen molar-refractivity contribution in [2.45, 2.75) is 18.6 Å². The first-order chi connectivity index (χ1) is 12.9. The van der Waals surface area contributed by atoms with Gasteiger partial charge in [0.2, 0.25) is 5.91 Å². The van der Waals surface area contributed by atoms with Gasteiger partial charge in [0.25, 0.3) is 5.69 Å². The van der Waals surface area contributed by atoms with Gasteiger partial charge in [-0.3, -0.25) is 14.9 Å². The number of carbonyl (C=O) groups is 1. The van der Waals surface area contributed by atoms with E-state index < -0.39 is 10.2 Å². The van der Waals surface area contributed by atoms with Crippen LogP contribution >= 0.6 is 11.8 Å². The van der Waals surface area contributed by atoms with E-state index in [1.165, 1.54) is 36.0 Å². The predicted octanol–water partition coefficient (Wildman–Crippen LogP) is 3.29. The first kappa shape index (κ1) is 18.7. The quantitative estimate of drug-likeness (QED) is 0.484. The molecule has 3 rings (SSSR count). The molecular formula is C18H15FN4O3S. The summed E-state index contributed by atoms with van der Waals surface area (Å²) in [5.74, 6) is -0.555. The summed E-state index contributed by atoms with van der Waals surface area (Å²) in [6.45, 7) is 1.74. The lowest BCUT2D eigenvalue weighted by Gasteiger charge is -2.04. The van der Waals surface area contributed by atoms with Crippen LogP contribution in [0.5, 0.6) is 0 Å². The zero-order chi connectivity index (χ0) is 19.4. The minimum atomic E-state index is -0.467. The highest BCUT2D eigenvalue weighted by Crippen LogP contribution is 2.25. The molecule has 1 N–H and O–H groups in total. The Bertz CT molecular complexity index is 944. The van der Waals surface area contributed by atoms with Gasteiger partial charge in [-0.15, -0.1) is 5.10 Å². The van der Waals surface area contributed by atoms with Crippen LogP contribution in [0.3, 0.4) is 0 Å². The van der Waals surface area contributed by atoms with Gasteiger partial charge in [0.1, 0.15) is 5.82 Å². The molecule has 0 radical (unpaired) electrons. The average molecular weight is 386 g/mol. The standard InChI is InChI=1S/C18H15FN4O3S/c1-11(13-5-7-14(19)8-6-13)21-22-18-20-17(24)16(27-18)10-12-3-2-4-15(9-12)23(25)26/h2-9,16H,10H2,1H3,(H,20,22,24)/b21-11-. The van der Waals surface area contributed by atoms with Gasteiger partial charge >= 0.3 is 0 Å². The number of benzene rings is 2. The Morgan fingerprint density at radius 2 is 2.04 bits per heavy atom. The number of amides is 1. The third-order valence-corrected chi connectivity index (χ3v) is 4.94. The van der Waals surface area contributed by atoms with Crippen molar-refractivity contribution in [3.63, 3.8) is 0 Å². The summed E-state index contributed by atoms with van der Waals surface area (Å²) in [6, 6.07) is 12.1. The van der Waals surface area contributed by atoms with Crippen molar-refractivity contribution in [2.75, 3.05) is 0 Å². The monoisotopic (exact) mass is 386 g/mol. The zero-order valence-electron chi connectivity index (χ0n) is 14.3. The van der Waals surface area contributed by atoms with Crippen molar-refractivity contribution >= 4 is 34.2 Å². The number of carbonyl (C=O) groups excluding carboxylic acids is 1.